The van der Waals surface area contributed by atoms with Crippen LogP contribution in [0.1, 0.15) is 0 Å². The van der Waals surface area contributed by atoms with Crippen LogP contribution in [0.2, 0.25) is 0 Å². The molecular formula is C2H5FeN3S+2. The first kappa shape index (κ1) is 29.1. The minimum Gasteiger partial charge on any atom is -0.344 e. The smallest absolute Gasteiger partial charge is 0.344 e. The van der Waals surface area contributed by atoms with Gasteiger partial charge in [-0.25, -0.2) is 0 Å². The molecule has 0 aromatic carbocycles. The first-order chi connectivity index (χ1) is 1.91. The number of nitriles is 2. The second-order valence-electron chi connectivity index (χ2n) is 0.224. The summed E-state index contributed by atoms with van der Waals surface area (Å²) in [4.78, 5) is 0. The third-order valence-electron chi connectivity index (χ3n) is 0.0500. The Morgan fingerprint density at radius 3 is 1.14 bits per heavy atom. The van der Waals surface area contributed by atoms with Crippen LogP contribution in [0.4, 0.5) is 0 Å². The number of nitrogens with zero attached hydrogens (tertiary/aromatic N) is 2. The molecule has 0 aliphatic heterocycles. The van der Waals surface area contributed by atoms with E-state index < -0.39 is 0 Å². The summed E-state index contributed by atoms with van der Waals surface area (Å²) in [6, 6.07) is 2.47. The van der Waals surface area contributed by atoms with Crippen LogP contribution < -0.4 is 6.15 Å². The summed E-state index contributed by atoms with van der Waals surface area (Å²) in [7, 11) is 0. The van der Waals surface area contributed by atoms with Gasteiger partial charge in [0.1, 0.15) is 0 Å². The zero-order valence-corrected chi connectivity index (χ0v) is 5.56. The van der Waals surface area contributed by atoms with Crippen LogP contribution in [0, 0.1) is 22.7 Å². The van der Waals surface area contributed by atoms with Gasteiger partial charge in [-0.05, 0) is 0 Å². The van der Waals surface area contributed by atoms with Crippen molar-refractivity contribution >= 4 is 13.5 Å². The molecule has 0 fully saturated rings. The summed E-state index contributed by atoms with van der Waals surface area (Å²) < 4.78 is 0. The Bertz CT molecular complexity index is 67.9. The third kappa shape index (κ3) is 129. The first-order valence-electron chi connectivity index (χ1n) is 0.697. The summed E-state index contributed by atoms with van der Waals surface area (Å²) in [5.41, 5.74) is 0. The molecule has 0 atom stereocenters. The van der Waals surface area contributed by atoms with E-state index in [0.717, 1.165) is 0 Å². The van der Waals surface area contributed by atoms with Gasteiger partial charge < -0.3 is 6.15 Å². The van der Waals surface area contributed by atoms with Gasteiger partial charge in [0.25, 0.3) is 0 Å². The molecule has 5 heteroatoms. The average molecular weight is 159 g/mol. The summed E-state index contributed by atoms with van der Waals surface area (Å²) >= 11 is 0. The molecule has 0 rings (SSSR count). The number of hydrogen-bond acceptors (Lipinski definition) is 3. The summed E-state index contributed by atoms with van der Waals surface area (Å²) in [5.74, 6) is 0. The monoisotopic (exact) mass is 159 g/mol. The Kier molecular flexibility index (Phi) is 171. The van der Waals surface area contributed by atoms with E-state index in [1.54, 1.807) is 0 Å². The molecule has 0 heterocycles. The second-order valence-corrected chi connectivity index (χ2v) is 0.224. The minimum atomic E-state index is 0. The van der Waals surface area contributed by atoms with E-state index >= 15 is 0 Å². The van der Waals surface area contributed by atoms with Crippen molar-refractivity contribution in [1.82, 2.24) is 6.15 Å². The predicted octanol–water partition coefficient (Wildman–Crippen LogP) is 0.306. The Hall–Kier alpha value is -0.191. The van der Waals surface area contributed by atoms with Crippen LogP contribution in [-0.2, 0) is 17.1 Å². The zero-order valence-electron chi connectivity index (χ0n) is 3.46. The van der Waals surface area contributed by atoms with Gasteiger partial charge in [0.15, 0.2) is 12.1 Å². The van der Waals surface area contributed by atoms with Crippen molar-refractivity contribution in [2.75, 3.05) is 0 Å². The Morgan fingerprint density at radius 1 is 1.00 bits per heavy atom. The molecule has 0 bridgehead atoms. The molecule has 0 spiro atoms. The van der Waals surface area contributed by atoms with E-state index in [9.17, 15) is 0 Å². The van der Waals surface area contributed by atoms with Crippen molar-refractivity contribution in [3.8, 4) is 12.1 Å². The van der Waals surface area contributed by atoms with Gasteiger partial charge in [0.05, 0.1) is 0 Å². The number of hydrogen-bond donors (Lipinski definition) is 1. The van der Waals surface area contributed by atoms with E-state index in [2.05, 4.69) is 0 Å². The van der Waals surface area contributed by atoms with Crippen LogP contribution in [0.3, 0.4) is 0 Å². The van der Waals surface area contributed by atoms with Crippen molar-refractivity contribution in [2.24, 2.45) is 0 Å². The normalized spacial score (nSPS) is 1.43. The molecule has 0 aliphatic carbocycles. The fraction of sp³-hybridized carbons (Fsp3) is 0. The fourth-order valence-electron chi connectivity index (χ4n) is 0. The summed E-state index contributed by atoms with van der Waals surface area (Å²) in [6.07, 6.45) is 0. The van der Waals surface area contributed by atoms with Crippen LogP contribution in [0.5, 0.6) is 0 Å². The van der Waals surface area contributed by atoms with Crippen LogP contribution in [0.15, 0.2) is 0 Å². The van der Waals surface area contributed by atoms with Gasteiger partial charge >= 0.3 is 17.1 Å². The SMILES string of the molecule is N.N#CC#N.S.[Fe+2]. The maximum atomic E-state index is 7.26. The van der Waals surface area contributed by atoms with Gasteiger partial charge in [0.2, 0.25) is 0 Å². The molecule has 40 valence electrons. The van der Waals surface area contributed by atoms with E-state index in [1.165, 1.54) is 12.1 Å². The maximum absolute atomic E-state index is 7.26. The molecule has 0 saturated carbocycles. The number of rotatable bonds is 0. The molecule has 0 saturated heterocycles. The largest absolute Gasteiger partial charge is 2.00 e. The van der Waals surface area contributed by atoms with Crippen molar-refractivity contribution in [3.63, 3.8) is 0 Å². The van der Waals surface area contributed by atoms with Crippen molar-refractivity contribution in [3.05, 3.63) is 0 Å². The molecule has 3 nitrogen and oxygen atoms in total. The van der Waals surface area contributed by atoms with E-state index in [0.29, 0.717) is 0 Å². The molecular weight excluding hydrogens is 154 g/mol. The Morgan fingerprint density at radius 2 is 1.14 bits per heavy atom. The zero-order chi connectivity index (χ0) is 3.41. The van der Waals surface area contributed by atoms with E-state index in [-0.39, 0.29) is 36.7 Å². The Labute approximate surface area is 59.8 Å². The molecule has 3 N–H and O–H groups in total. The Balaban J connectivity index is -0.0000000150. The maximum Gasteiger partial charge on any atom is 2.00 e. The second kappa shape index (κ2) is 41.0. The van der Waals surface area contributed by atoms with Crippen molar-refractivity contribution < 1.29 is 17.1 Å². The average Bonchev–Trinajstić information content (AvgIpc) is 1.37. The van der Waals surface area contributed by atoms with Gasteiger partial charge in [-0.1, -0.05) is 0 Å². The summed E-state index contributed by atoms with van der Waals surface area (Å²) in [5, 5.41) is 14.5. The predicted molar refractivity (Wildman–Crippen MR) is 26.6 cm³/mol. The molecule has 0 radical (unpaired) electrons. The summed E-state index contributed by atoms with van der Waals surface area (Å²) in [6.45, 7) is 0. The molecule has 7 heavy (non-hydrogen) atoms. The van der Waals surface area contributed by atoms with Crippen LogP contribution >= 0.6 is 13.5 Å². The van der Waals surface area contributed by atoms with Gasteiger partial charge in [-0.15, -0.1) is 0 Å². The van der Waals surface area contributed by atoms with Gasteiger partial charge in [0, 0.05) is 0 Å². The van der Waals surface area contributed by atoms with Crippen molar-refractivity contribution in [2.45, 2.75) is 0 Å². The molecule has 0 aliphatic rings. The van der Waals surface area contributed by atoms with Crippen molar-refractivity contribution in [1.29, 1.82) is 10.5 Å². The van der Waals surface area contributed by atoms with Gasteiger partial charge in [-0.3, -0.25) is 0 Å². The van der Waals surface area contributed by atoms with Crippen LogP contribution in [-0.4, -0.2) is 0 Å². The molecule has 0 aromatic heterocycles. The minimum absolute atomic E-state index is 0. The molecule has 0 amide bonds. The molecule has 0 unspecified atom stereocenters. The third-order valence-corrected chi connectivity index (χ3v) is 0.0500. The van der Waals surface area contributed by atoms with E-state index in [1.807, 2.05) is 0 Å². The first-order valence-corrected chi connectivity index (χ1v) is 0.697. The van der Waals surface area contributed by atoms with E-state index in [4.69, 9.17) is 10.5 Å². The quantitative estimate of drug-likeness (QED) is 0.516. The fourth-order valence-corrected chi connectivity index (χ4v) is 0. The van der Waals surface area contributed by atoms with Gasteiger partial charge in [-0.2, -0.15) is 24.0 Å². The molecule has 0 aromatic rings. The standard InChI is InChI=1S/C2N2.Fe.H3N.H2S/c3-1-2-4;;;/h;;1H3;1H2/q;+2;;. The van der Waals surface area contributed by atoms with Crippen LogP contribution in [0.25, 0.3) is 0 Å². The topological polar surface area (TPSA) is 82.6 Å².